The second-order valence-electron chi connectivity index (χ2n) is 7.80. The predicted molar refractivity (Wildman–Crippen MR) is 130 cm³/mol. The van der Waals surface area contributed by atoms with E-state index in [1.807, 2.05) is 25.2 Å². The number of benzene rings is 1. The van der Waals surface area contributed by atoms with Gasteiger partial charge in [0.15, 0.2) is 5.96 Å². The van der Waals surface area contributed by atoms with Crippen LogP contribution in [0, 0.1) is 0 Å². The maximum Gasteiger partial charge on any atom is 0.213 e. The summed E-state index contributed by atoms with van der Waals surface area (Å²) in [7, 11) is 1.86. The fourth-order valence-electron chi connectivity index (χ4n) is 4.31. The molecule has 1 unspecified atom stereocenters. The first-order chi connectivity index (χ1) is 14.3. The highest BCUT2D eigenvalue weighted by Gasteiger charge is 2.35. The van der Waals surface area contributed by atoms with Crippen LogP contribution in [0.2, 0.25) is 0 Å². The number of guanidine groups is 1. The zero-order valence-electron chi connectivity index (χ0n) is 17.5. The quantitative estimate of drug-likeness (QED) is 0.371. The van der Waals surface area contributed by atoms with Crippen LogP contribution in [-0.2, 0) is 10.2 Å². The molecule has 2 aliphatic rings. The van der Waals surface area contributed by atoms with Crippen molar-refractivity contribution in [3.8, 4) is 5.88 Å². The van der Waals surface area contributed by atoms with Gasteiger partial charge in [-0.15, -0.1) is 24.0 Å². The standard InChI is InChI=1S/C23H30N4O2.HI/c1-24-22(27-14-10-20(17-27)29-21-9-5-6-13-25-21)26-18-23(11-15-28-16-12-23)19-7-3-2-4-8-19;/h2-9,13,20H,10-12,14-18H2,1H3,(H,24,26);1H. The summed E-state index contributed by atoms with van der Waals surface area (Å²) in [6, 6.07) is 16.6. The van der Waals surface area contributed by atoms with E-state index in [1.165, 1.54) is 5.56 Å². The van der Waals surface area contributed by atoms with Crippen LogP contribution in [0.5, 0.6) is 5.88 Å². The smallest absolute Gasteiger partial charge is 0.213 e. The lowest BCUT2D eigenvalue weighted by Gasteiger charge is -2.39. The van der Waals surface area contributed by atoms with Gasteiger partial charge in [0.05, 0.1) is 6.54 Å². The van der Waals surface area contributed by atoms with E-state index in [9.17, 15) is 0 Å². The third kappa shape index (κ3) is 5.43. The molecule has 1 aromatic heterocycles. The monoisotopic (exact) mass is 522 g/mol. The van der Waals surface area contributed by atoms with E-state index >= 15 is 0 Å². The van der Waals surface area contributed by atoms with Crippen LogP contribution in [0.1, 0.15) is 24.8 Å². The number of aromatic nitrogens is 1. The van der Waals surface area contributed by atoms with Gasteiger partial charge in [0, 0.05) is 57.4 Å². The molecule has 7 heteroatoms. The van der Waals surface area contributed by atoms with Crippen molar-refractivity contribution in [2.24, 2.45) is 4.99 Å². The summed E-state index contributed by atoms with van der Waals surface area (Å²) in [5, 5.41) is 3.65. The van der Waals surface area contributed by atoms with Crippen molar-refractivity contribution >= 4 is 29.9 Å². The number of hydrogen-bond donors (Lipinski definition) is 1. The Morgan fingerprint density at radius 1 is 1.20 bits per heavy atom. The Balaban J connectivity index is 0.00000256. The van der Waals surface area contributed by atoms with E-state index in [0.717, 1.165) is 58.1 Å². The highest BCUT2D eigenvalue weighted by atomic mass is 127. The molecule has 0 radical (unpaired) electrons. The van der Waals surface area contributed by atoms with Gasteiger partial charge in [0.25, 0.3) is 0 Å². The lowest BCUT2D eigenvalue weighted by Crippen LogP contribution is -2.49. The minimum atomic E-state index is 0. The normalized spacial score (nSPS) is 21.0. The molecule has 0 aliphatic carbocycles. The van der Waals surface area contributed by atoms with Gasteiger partial charge in [-0.25, -0.2) is 4.98 Å². The second-order valence-corrected chi connectivity index (χ2v) is 7.80. The van der Waals surface area contributed by atoms with E-state index in [0.29, 0.717) is 5.88 Å². The molecule has 0 amide bonds. The molecule has 2 aliphatic heterocycles. The van der Waals surface area contributed by atoms with Crippen molar-refractivity contribution in [1.29, 1.82) is 0 Å². The molecule has 0 saturated carbocycles. The van der Waals surface area contributed by atoms with Gasteiger partial charge in [-0.1, -0.05) is 36.4 Å². The molecule has 1 aromatic carbocycles. The largest absolute Gasteiger partial charge is 0.472 e. The summed E-state index contributed by atoms with van der Waals surface area (Å²) in [6.45, 7) is 4.21. The fourth-order valence-corrected chi connectivity index (χ4v) is 4.31. The molecule has 2 fully saturated rings. The van der Waals surface area contributed by atoms with Gasteiger partial charge in [-0.05, 0) is 24.5 Å². The molecule has 6 nitrogen and oxygen atoms in total. The molecule has 0 spiro atoms. The number of likely N-dealkylation sites (tertiary alicyclic amines) is 1. The van der Waals surface area contributed by atoms with Crippen molar-refractivity contribution in [2.45, 2.75) is 30.8 Å². The second kappa shape index (κ2) is 10.9. The van der Waals surface area contributed by atoms with Gasteiger partial charge < -0.3 is 19.7 Å². The van der Waals surface area contributed by atoms with Crippen LogP contribution in [0.3, 0.4) is 0 Å². The molecule has 1 N–H and O–H groups in total. The number of hydrogen-bond acceptors (Lipinski definition) is 4. The van der Waals surface area contributed by atoms with Gasteiger partial charge >= 0.3 is 0 Å². The number of rotatable bonds is 5. The summed E-state index contributed by atoms with van der Waals surface area (Å²) in [6.07, 6.45) is 4.90. The van der Waals surface area contributed by atoms with Crippen molar-refractivity contribution < 1.29 is 9.47 Å². The zero-order chi connectivity index (χ0) is 19.9. The molecule has 0 bridgehead atoms. The molecule has 162 valence electrons. The van der Waals surface area contributed by atoms with Crippen molar-refractivity contribution in [1.82, 2.24) is 15.2 Å². The molecular weight excluding hydrogens is 491 g/mol. The van der Waals surface area contributed by atoms with Crippen LogP contribution in [-0.4, -0.2) is 61.8 Å². The number of aliphatic imine (C=N–C) groups is 1. The Kier molecular flexibility index (Phi) is 8.32. The van der Waals surface area contributed by atoms with Crippen molar-refractivity contribution in [3.63, 3.8) is 0 Å². The summed E-state index contributed by atoms with van der Waals surface area (Å²) in [4.78, 5) is 11.1. The lowest BCUT2D eigenvalue weighted by molar-refractivity contribution is 0.0512. The molecule has 3 heterocycles. The van der Waals surface area contributed by atoms with E-state index in [2.05, 4.69) is 50.5 Å². The maximum atomic E-state index is 6.03. The number of pyridine rings is 1. The number of nitrogens with one attached hydrogen (secondary N) is 1. The molecular formula is C23H31IN4O2. The molecule has 1 atom stereocenters. The van der Waals surface area contributed by atoms with Gasteiger partial charge in [0.1, 0.15) is 6.10 Å². The topological polar surface area (TPSA) is 59.0 Å². The summed E-state index contributed by atoms with van der Waals surface area (Å²) >= 11 is 0. The Labute approximate surface area is 196 Å². The third-order valence-corrected chi connectivity index (χ3v) is 6.00. The van der Waals surface area contributed by atoms with E-state index in [1.54, 1.807) is 6.20 Å². The van der Waals surface area contributed by atoms with Gasteiger partial charge in [0.2, 0.25) is 5.88 Å². The van der Waals surface area contributed by atoms with Crippen molar-refractivity contribution in [2.75, 3.05) is 39.9 Å². The Hall–Kier alpha value is -1.87. The van der Waals surface area contributed by atoms with Gasteiger partial charge in [-0.2, -0.15) is 0 Å². The first kappa shape index (κ1) is 22.8. The number of ether oxygens (including phenoxy) is 2. The Bertz CT molecular complexity index is 797. The van der Waals surface area contributed by atoms with Crippen LogP contribution in [0.25, 0.3) is 0 Å². The Morgan fingerprint density at radius 2 is 1.97 bits per heavy atom. The minimum absolute atomic E-state index is 0. The van der Waals surface area contributed by atoms with Crippen LogP contribution in [0.15, 0.2) is 59.7 Å². The van der Waals surface area contributed by atoms with E-state index in [4.69, 9.17) is 9.47 Å². The first-order valence-electron chi connectivity index (χ1n) is 10.5. The van der Waals surface area contributed by atoms with E-state index in [-0.39, 0.29) is 35.5 Å². The maximum absolute atomic E-state index is 6.03. The average molecular weight is 522 g/mol. The SMILES string of the molecule is CN=C(NCC1(c2ccccc2)CCOCC1)N1CCC(Oc2ccccn2)C1.I. The summed E-state index contributed by atoms with van der Waals surface area (Å²) < 4.78 is 11.7. The number of nitrogens with zero attached hydrogens (tertiary/aromatic N) is 3. The third-order valence-electron chi connectivity index (χ3n) is 6.00. The van der Waals surface area contributed by atoms with Crippen LogP contribution in [0.4, 0.5) is 0 Å². The lowest BCUT2D eigenvalue weighted by atomic mass is 9.74. The highest BCUT2D eigenvalue weighted by molar-refractivity contribution is 14.0. The number of halogens is 1. The molecule has 30 heavy (non-hydrogen) atoms. The van der Waals surface area contributed by atoms with Crippen LogP contribution < -0.4 is 10.1 Å². The van der Waals surface area contributed by atoms with Crippen molar-refractivity contribution in [3.05, 3.63) is 60.3 Å². The summed E-state index contributed by atoms with van der Waals surface area (Å²) in [5.41, 5.74) is 1.46. The van der Waals surface area contributed by atoms with Gasteiger partial charge in [-0.3, -0.25) is 4.99 Å². The zero-order valence-corrected chi connectivity index (χ0v) is 19.8. The summed E-state index contributed by atoms with van der Waals surface area (Å²) in [5.74, 6) is 1.63. The molecule has 2 saturated heterocycles. The highest BCUT2D eigenvalue weighted by Crippen LogP contribution is 2.34. The molecule has 2 aromatic rings. The fraction of sp³-hybridized carbons (Fsp3) is 0.478. The Morgan fingerprint density at radius 3 is 2.67 bits per heavy atom. The minimum Gasteiger partial charge on any atom is -0.472 e. The average Bonchev–Trinajstić information content (AvgIpc) is 3.24. The first-order valence-corrected chi connectivity index (χ1v) is 10.5. The predicted octanol–water partition coefficient (Wildman–Crippen LogP) is 3.48. The van der Waals surface area contributed by atoms with E-state index < -0.39 is 0 Å². The molecule has 4 rings (SSSR count). The van der Waals surface area contributed by atoms with Crippen LogP contribution >= 0.6 is 24.0 Å².